The molecule has 0 bridgehead atoms. The molecule has 1 aromatic heterocycles. The van der Waals surface area contributed by atoms with Gasteiger partial charge in [0.25, 0.3) is 0 Å². The van der Waals surface area contributed by atoms with Crippen molar-refractivity contribution in [2.75, 3.05) is 13.2 Å². The van der Waals surface area contributed by atoms with Gasteiger partial charge in [0.15, 0.2) is 0 Å². The van der Waals surface area contributed by atoms with E-state index in [9.17, 15) is 0 Å². The maximum absolute atomic E-state index is 8.99. The molecule has 2 N–H and O–H groups in total. The first-order valence-corrected chi connectivity index (χ1v) is 6.50. The Morgan fingerprint density at radius 2 is 2.24 bits per heavy atom. The lowest BCUT2D eigenvalue weighted by molar-refractivity contribution is 0.248. The van der Waals surface area contributed by atoms with Crippen molar-refractivity contribution in [2.45, 2.75) is 39.7 Å². The topological polar surface area (TPSA) is 45.1 Å². The number of aromatic nitrogens is 1. The predicted molar refractivity (Wildman–Crippen MR) is 70.8 cm³/mol. The van der Waals surface area contributed by atoms with Gasteiger partial charge in [0.1, 0.15) is 0 Å². The van der Waals surface area contributed by atoms with Crippen LogP contribution in [-0.2, 0) is 6.54 Å². The summed E-state index contributed by atoms with van der Waals surface area (Å²) in [7, 11) is 0. The lowest BCUT2D eigenvalue weighted by Crippen LogP contribution is -2.23. The molecule has 1 unspecified atom stereocenters. The summed E-state index contributed by atoms with van der Waals surface area (Å²) in [5.74, 6) is 0.585. The summed E-state index contributed by atoms with van der Waals surface area (Å²) >= 11 is 0. The minimum absolute atomic E-state index is 0.290. The fraction of sp³-hybridized carbons (Fsp3) is 0.643. The lowest BCUT2D eigenvalue weighted by Gasteiger charge is -2.16. The van der Waals surface area contributed by atoms with Crippen LogP contribution in [0.25, 0.3) is 0 Å². The molecule has 0 aliphatic heterocycles. The van der Waals surface area contributed by atoms with E-state index in [0.717, 1.165) is 25.2 Å². The van der Waals surface area contributed by atoms with Crippen LogP contribution in [0.2, 0.25) is 0 Å². The van der Waals surface area contributed by atoms with Crippen molar-refractivity contribution in [3.63, 3.8) is 0 Å². The van der Waals surface area contributed by atoms with Gasteiger partial charge >= 0.3 is 0 Å². The van der Waals surface area contributed by atoms with Crippen LogP contribution in [0, 0.1) is 12.8 Å². The van der Waals surface area contributed by atoms with Crippen LogP contribution in [0.4, 0.5) is 0 Å². The number of nitrogens with one attached hydrogen (secondary N) is 1. The summed E-state index contributed by atoms with van der Waals surface area (Å²) < 4.78 is 0. The minimum Gasteiger partial charge on any atom is -0.396 e. The van der Waals surface area contributed by atoms with Crippen molar-refractivity contribution in [2.24, 2.45) is 5.92 Å². The Morgan fingerprint density at radius 1 is 1.41 bits per heavy atom. The highest BCUT2D eigenvalue weighted by Crippen LogP contribution is 2.10. The number of aliphatic hydroxyl groups is 1. The molecule has 0 aliphatic rings. The van der Waals surface area contributed by atoms with Crippen molar-refractivity contribution in [1.82, 2.24) is 10.3 Å². The van der Waals surface area contributed by atoms with Crippen molar-refractivity contribution in [3.05, 3.63) is 29.6 Å². The number of pyridine rings is 1. The fourth-order valence-electron chi connectivity index (χ4n) is 2.05. The van der Waals surface area contributed by atoms with E-state index in [0.29, 0.717) is 5.92 Å². The Balaban J connectivity index is 2.33. The maximum atomic E-state index is 8.99. The second-order valence-electron chi connectivity index (χ2n) is 4.55. The molecule has 1 rings (SSSR count). The highest BCUT2D eigenvalue weighted by atomic mass is 16.3. The lowest BCUT2D eigenvalue weighted by atomic mass is 10.00. The smallest absolute Gasteiger partial charge is 0.0434 e. The van der Waals surface area contributed by atoms with Crippen LogP contribution in [0.5, 0.6) is 0 Å². The highest BCUT2D eigenvalue weighted by Gasteiger charge is 2.06. The Labute approximate surface area is 104 Å². The zero-order valence-corrected chi connectivity index (χ0v) is 10.9. The first-order valence-electron chi connectivity index (χ1n) is 6.50. The van der Waals surface area contributed by atoms with Gasteiger partial charge in [-0.15, -0.1) is 0 Å². The van der Waals surface area contributed by atoms with Gasteiger partial charge in [0, 0.05) is 25.0 Å². The van der Waals surface area contributed by atoms with Crippen LogP contribution in [0.3, 0.4) is 0 Å². The van der Waals surface area contributed by atoms with E-state index < -0.39 is 0 Å². The number of hydrogen-bond donors (Lipinski definition) is 2. The first-order chi connectivity index (χ1) is 8.27. The summed E-state index contributed by atoms with van der Waals surface area (Å²) in [6.07, 6.45) is 5.08. The average molecular weight is 236 g/mol. The van der Waals surface area contributed by atoms with E-state index in [2.05, 4.69) is 23.3 Å². The average Bonchev–Trinajstić information content (AvgIpc) is 2.32. The summed E-state index contributed by atoms with van der Waals surface area (Å²) in [4.78, 5) is 4.27. The van der Waals surface area contributed by atoms with Crippen molar-refractivity contribution in [3.8, 4) is 0 Å². The van der Waals surface area contributed by atoms with Crippen LogP contribution in [-0.4, -0.2) is 23.2 Å². The van der Waals surface area contributed by atoms with E-state index in [1.54, 1.807) is 0 Å². The second kappa shape index (κ2) is 8.20. The fourth-order valence-corrected chi connectivity index (χ4v) is 2.05. The Hall–Kier alpha value is -0.930. The van der Waals surface area contributed by atoms with Crippen LogP contribution < -0.4 is 5.32 Å². The van der Waals surface area contributed by atoms with Crippen LogP contribution >= 0.6 is 0 Å². The van der Waals surface area contributed by atoms with Gasteiger partial charge < -0.3 is 10.4 Å². The monoisotopic (exact) mass is 236 g/mol. The molecule has 0 amide bonds. The largest absolute Gasteiger partial charge is 0.396 e. The van der Waals surface area contributed by atoms with Gasteiger partial charge in [-0.25, -0.2) is 0 Å². The summed E-state index contributed by atoms with van der Waals surface area (Å²) in [5, 5.41) is 12.4. The number of aryl methyl sites for hydroxylation is 1. The van der Waals surface area contributed by atoms with Crippen LogP contribution in [0.1, 0.15) is 37.4 Å². The molecule has 0 fully saturated rings. The standard InChI is InChI=1S/C14H24N2O/c1-3-5-13(7-9-17)10-15-11-14-6-4-8-16-12(14)2/h4,6,8,13,15,17H,3,5,7,9-11H2,1-2H3. The summed E-state index contributed by atoms with van der Waals surface area (Å²) in [6, 6.07) is 4.08. The molecule has 0 aromatic carbocycles. The van der Waals surface area contributed by atoms with E-state index in [1.165, 1.54) is 18.4 Å². The molecule has 17 heavy (non-hydrogen) atoms. The number of nitrogens with zero attached hydrogens (tertiary/aromatic N) is 1. The molecule has 0 spiro atoms. The number of rotatable bonds is 8. The SMILES string of the molecule is CCCC(CCO)CNCc1cccnc1C. The van der Waals surface area contributed by atoms with Gasteiger partial charge in [-0.2, -0.15) is 0 Å². The Kier molecular flexibility index (Phi) is 6.82. The molecule has 0 saturated carbocycles. The van der Waals surface area contributed by atoms with Crippen molar-refractivity contribution >= 4 is 0 Å². The normalized spacial score (nSPS) is 12.6. The molecule has 1 aromatic rings. The van der Waals surface area contributed by atoms with Gasteiger partial charge in [0.05, 0.1) is 0 Å². The molecule has 96 valence electrons. The predicted octanol–water partition coefficient (Wildman–Crippen LogP) is 2.28. The third-order valence-corrected chi connectivity index (χ3v) is 3.10. The molecule has 0 radical (unpaired) electrons. The minimum atomic E-state index is 0.290. The highest BCUT2D eigenvalue weighted by molar-refractivity contribution is 5.17. The molecular formula is C14H24N2O. The molecule has 0 aliphatic carbocycles. The molecule has 1 atom stereocenters. The summed E-state index contributed by atoms with van der Waals surface area (Å²) in [6.45, 7) is 6.36. The third kappa shape index (κ3) is 5.29. The van der Waals surface area contributed by atoms with Crippen LogP contribution in [0.15, 0.2) is 18.3 Å². The quantitative estimate of drug-likeness (QED) is 0.728. The molecule has 1 heterocycles. The number of hydrogen-bond acceptors (Lipinski definition) is 3. The van der Waals surface area contributed by atoms with Crippen molar-refractivity contribution in [1.29, 1.82) is 0 Å². The Morgan fingerprint density at radius 3 is 2.88 bits per heavy atom. The second-order valence-corrected chi connectivity index (χ2v) is 4.55. The molecule has 0 saturated heterocycles. The van der Waals surface area contributed by atoms with Gasteiger partial charge in [-0.3, -0.25) is 4.98 Å². The van der Waals surface area contributed by atoms with Gasteiger partial charge in [-0.05, 0) is 43.9 Å². The van der Waals surface area contributed by atoms with E-state index in [-0.39, 0.29) is 6.61 Å². The van der Waals surface area contributed by atoms with E-state index in [1.807, 2.05) is 19.2 Å². The van der Waals surface area contributed by atoms with E-state index >= 15 is 0 Å². The third-order valence-electron chi connectivity index (χ3n) is 3.10. The summed E-state index contributed by atoms with van der Waals surface area (Å²) in [5.41, 5.74) is 2.35. The maximum Gasteiger partial charge on any atom is 0.0434 e. The van der Waals surface area contributed by atoms with Crippen molar-refractivity contribution < 1.29 is 5.11 Å². The number of aliphatic hydroxyl groups excluding tert-OH is 1. The molecule has 3 heteroatoms. The first kappa shape index (κ1) is 14.1. The Bertz CT molecular complexity index is 309. The molecule has 3 nitrogen and oxygen atoms in total. The van der Waals surface area contributed by atoms with Gasteiger partial charge in [0.2, 0.25) is 0 Å². The molecular weight excluding hydrogens is 212 g/mol. The van der Waals surface area contributed by atoms with E-state index in [4.69, 9.17) is 5.11 Å². The van der Waals surface area contributed by atoms with Gasteiger partial charge in [-0.1, -0.05) is 19.4 Å². The zero-order valence-electron chi connectivity index (χ0n) is 10.9. The zero-order chi connectivity index (χ0) is 12.5.